The van der Waals surface area contributed by atoms with Gasteiger partial charge in [0, 0.05) is 49.1 Å². The third-order valence-electron chi connectivity index (χ3n) is 13.0. The maximum atomic E-state index is 6.51. The van der Waals surface area contributed by atoms with Gasteiger partial charge in [0.1, 0.15) is 11.2 Å². The Morgan fingerprint density at radius 2 is 1.09 bits per heavy atom. The molecule has 1 atom stereocenters. The Kier molecular flexibility index (Phi) is 7.33. The monoisotopic (exact) mass is 821 g/mol. The molecule has 1 aliphatic rings. The molecule has 64 heavy (non-hydrogen) atoms. The van der Waals surface area contributed by atoms with Gasteiger partial charge in [-0.25, -0.2) is 9.98 Å². The molecular weight excluding hydrogens is 787 g/mol. The summed E-state index contributed by atoms with van der Waals surface area (Å²) >= 11 is 0. The van der Waals surface area contributed by atoms with E-state index in [9.17, 15) is 0 Å². The van der Waals surface area contributed by atoms with Crippen LogP contribution in [0.25, 0.3) is 110 Å². The predicted molar refractivity (Wildman–Crippen MR) is 258 cm³/mol. The highest BCUT2D eigenvalue weighted by molar-refractivity contribution is 6.21. The van der Waals surface area contributed by atoms with Crippen LogP contribution in [0.1, 0.15) is 11.9 Å². The topological polar surface area (TPSA) is 73.4 Å². The molecule has 0 saturated heterocycles. The maximum absolute atomic E-state index is 6.51. The van der Waals surface area contributed by atoms with Crippen molar-refractivity contribution in [2.24, 2.45) is 4.99 Å². The minimum atomic E-state index is -0.520. The van der Waals surface area contributed by atoms with E-state index in [4.69, 9.17) is 18.8 Å². The molecule has 300 valence electrons. The van der Waals surface area contributed by atoms with Gasteiger partial charge in [0.25, 0.3) is 0 Å². The summed E-state index contributed by atoms with van der Waals surface area (Å²) in [7, 11) is 0. The SMILES string of the molecule is c1ccc(C2=c3nc(-c4ccccc4)oc3=NC(n3c4ccc(-c5ccc6c(c5)c5ccccc5n6-c5ccc6oc7ccccc7c6c5)cc4c4c5ccccc5ccc43)N2)cc1. The van der Waals surface area contributed by atoms with E-state index < -0.39 is 6.29 Å². The van der Waals surface area contributed by atoms with E-state index in [0.29, 0.717) is 16.8 Å². The van der Waals surface area contributed by atoms with E-state index in [0.717, 1.165) is 83.0 Å². The van der Waals surface area contributed by atoms with Gasteiger partial charge in [0.15, 0.2) is 5.35 Å². The van der Waals surface area contributed by atoms with Gasteiger partial charge < -0.3 is 23.3 Å². The summed E-state index contributed by atoms with van der Waals surface area (Å²) in [6.45, 7) is 0. The van der Waals surface area contributed by atoms with Crippen LogP contribution in [0.4, 0.5) is 0 Å². The highest BCUT2D eigenvalue weighted by atomic mass is 16.4. The molecule has 14 rings (SSSR count). The number of aromatic nitrogens is 3. The molecule has 0 fully saturated rings. The normalized spacial score (nSPS) is 14.0. The summed E-state index contributed by atoms with van der Waals surface area (Å²) in [4.78, 5) is 10.3. The van der Waals surface area contributed by atoms with Crippen molar-refractivity contribution in [1.29, 1.82) is 0 Å². The fourth-order valence-corrected chi connectivity index (χ4v) is 10.1. The van der Waals surface area contributed by atoms with Gasteiger partial charge in [-0.3, -0.25) is 0 Å². The summed E-state index contributed by atoms with van der Waals surface area (Å²) in [5.41, 5.74) is 12.9. The number of fused-ring (bicyclic) bond motifs is 12. The number of nitrogens with one attached hydrogen (secondary N) is 1. The van der Waals surface area contributed by atoms with Crippen molar-refractivity contribution in [3.05, 3.63) is 217 Å². The van der Waals surface area contributed by atoms with Crippen molar-refractivity contribution in [2.45, 2.75) is 6.29 Å². The Hall–Kier alpha value is -8.68. The standard InChI is InChI=1S/C57H35N5O2/c1-3-14-35(15-4-1)53-54-56(64-55(58-54)36-16-5-2-6-17-36)60-57(59-53)62-48-28-25-38(32-45(48)52-40-18-8-7-13-34(40)23-29-49(52)62)37-24-27-47-43(31-37)41-19-9-11-21-46(41)61(47)39-26-30-51-44(33-39)42-20-10-12-22-50(42)63-51/h1-33,57,59H. The van der Waals surface area contributed by atoms with Crippen molar-refractivity contribution >= 4 is 82.0 Å². The molecule has 5 heterocycles. The lowest BCUT2D eigenvalue weighted by Crippen LogP contribution is -2.41. The van der Waals surface area contributed by atoms with Gasteiger partial charge in [-0.15, -0.1) is 0 Å². The van der Waals surface area contributed by atoms with Crippen molar-refractivity contribution in [3.63, 3.8) is 0 Å². The number of rotatable bonds is 5. The lowest BCUT2D eigenvalue weighted by Gasteiger charge is -2.23. The second-order valence-corrected chi connectivity index (χ2v) is 16.6. The average Bonchev–Trinajstić information content (AvgIpc) is 4.13. The van der Waals surface area contributed by atoms with E-state index in [-0.39, 0.29) is 0 Å². The van der Waals surface area contributed by atoms with Crippen molar-refractivity contribution < 1.29 is 8.83 Å². The summed E-state index contributed by atoms with van der Waals surface area (Å²) in [6, 6.07) is 70.7. The third kappa shape index (κ3) is 5.15. The average molecular weight is 822 g/mol. The number of furan rings is 1. The first-order valence-corrected chi connectivity index (χ1v) is 21.6. The van der Waals surface area contributed by atoms with Crippen LogP contribution in [0.5, 0.6) is 0 Å². The fourth-order valence-electron chi connectivity index (χ4n) is 10.1. The first-order chi connectivity index (χ1) is 31.7. The second kappa shape index (κ2) is 13.4. The molecule has 1 aliphatic heterocycles. The molecule has 0 spiro atoms. The number of hydrogen-bond donors (Lipinski definition) is 1. The lowest BCUT2D eigenvalue weighted by atomic mass is 9.99. The Morgan fingerprint density at radius 1 is 0.438 bits per heavy atom. The molecule has 0 radical (unpaired) electrons. The minimum Gasteiger partial charge on any atom is -0.456 e. The summed E-state index contributed by atoms with van der Waals surface area (Å²) in [5, 5.41) is 13.9. The first-order valence-electron chi connectivity index (χ1n) is 21.6. The number of nitrogens with zero attached hydrogens (tertiary/aromatic N) is 4. The van der Waals surface area contributed by atoms with E-state index in [2.05, 4.69) is 154 Å². The quantitative estimate of drug-likeness (QED) is 0.188. The molecule has 0 amide bonds. The van der Waals surface area contributed by atoms with Crippen LogP contribution < -0.4 is 16.2 Å². The summed E-state index contributed by atoms with van der Waals surface area (Å²) in [6.07, 6.45) is -0.520. The van der Waals surface area contributed by atoms with Crippen LogP contribution in [0, 0.1) is 0 Å². The number of oxazole rings is 1. The molecule has 13 aromatic rings. The highest BCUT2D eigenvalue weighted by Gasteiger charge is 2.26. The first kappa shape index (κ1) is 35.0. The van der Waals surface area contributed by atoms with Gasteiger partial charge in [0.2, 0.25) is 17.7 Å². The van der Waals surface area contributed by atoms with Crippen molar-refractivity contribution in [3.8, 4) is 28.3 Å². The van der Waals surface area contributed by atoms with Gasteiger partial charge >= 0.3 is 0 Å². The highest BCUT2D eigenvalue weighted by Crippen LogP contribution is 2.41. The summed E-state index contributed by atoms with van der Waals surface area (Å²) < 4.78 is 17.4. The molecule has 0 bridgehead atoms. The van der Waals surface area contributed by atoms with Crippen molar-refractivity contribution in [2.75, 3.05) is 0 Å². The maximum Gasteiger partial charge on any atom is 0.248 e. The van der Waals surface area contributed by atoms with Gasteiger partial charge in [-0.1, -0.05) is 127 Å². The number of hydrogen-bond acceptors (Lipinski definition) is 5. The Balaban J connectivity index is 0.957. The van der Waals surface area contributed by atoms with Gasteiger partial charge in [0.05, 0.1) is 27.8 Å². The van der Waals surface area contributed by atoms with E-state index in [1.54, 1.807) is 0 Å². The van der Waals surface area contributed by atoms with Crippen molar-refractivity contribution in [1.82, 2.24) is 19.4 Å². The third-order valence-corrected chi connectivity index (χ3v) is 13.0. The largest absolute Gasteiger partial charge is 0.456 e. The van der Waals surface area contributed by atoms with Gasteiger partial charge in [-0.2, -0.15) is 0 Å². The Labute approximate surface area is 365 Å². The van der Waals surface area contributed by atoms with E-state index >= 15 is 0 Å². The molecule has 1 N–H and O–H groups in total. The second-order valence-electron chi connectivity index (χ2n) is 16.6. The molecule has 0 saturated carbocycles. The molecule has 0 aliphatic carbocycles. The molecule has 4 aromatic heterocycles. The number of benzene rings is 9. The smallest absolute Gasteiger partial charge is 0.248 e. The lowest BCUT2D eigenvalue weighted by molar-refractivity contribution is 0.431. The Morgan fingerprint density at radius 3 is 1.94 bits per heavy atom. The van der Waals surface area contributed by atoms with Crippen LogP contribution in [-0.2, 0) is 0 Å². The zero-order valence-corrected chi connectivity index (χ0v) is 34.2. The minimum absolute atomic E-state index is 0.499. The molecule has 7 heteroatoms. The zero-order valence-electron chi connectivity index (χ0n) is 34.2. The van der Waals surface area contributed by atoms with Crippen LogP contribution in [0.15, 0.2) is 214 Å². The number of para-hydroxylation sites is 2. The predicted octanol–water partition coefficient (Wildman–Crippen LogP) is 12.8. The van der Waals surface area contributed by atoms with Crippen LogP contribution in [-0.4, -0.2) is 14.1 Å². The van der Waals surface area contributed by atoms with E-state index in [1.807, 2.05) is 60.7 Å². The van der Waals surface area contributed by atoms with Crippen LogP contribution in [0.3, 0.4) is 0 Å². The molecule has 1 unspecified atom stereocenters. The summed E-state index contributed by atoms with van der Waals surface area (Å²) in [5.74, 6) is 0.538. The van der Waals surface area contributed by atoms with Crippen LogP contribution >= 0.6 is 0 Å². The Bertz CT molecular complexity index is 4180. The molecule has 9 aromatic carbocycles. The zero-order chi connectivity index (χ0) is 41.9. The molecular formula is C57H35N5O2. The van der Waals surface area contributed by atoms with E-state index in [1.165, 1.54) is 26.9 Å². The van der Waals surface area contributed by atoms with Gasteiger partial charge in [-0.05, 0) is 94.7 Å². The van der Waals surface area contributed by atoms with Crippen LogP contribution in [0.2, 0.25) is 0 Å². The molecule has 7 nitrogen and oxygen atoms in total. The fraction of sp³-hybridized carbons (Fsp3) is 0.0175.